The van der Waals surface area contributed by atoms with Crippen LogP contribution in [0.3, 0.4) is 0 Å². The highest BCUT2D eigenvalue weighted by molar-refractivity contribution is 4.48. The van der Waals surface area contributed by atoms with Crippen LogP contribution in [0.2, 0.25) is 0 Å². The van der Waals surface area contributed by atoms with E-state index in [-0.39, 0.29) is 0 Å². The van der Waals surface area contributed by atoms with Gasteiger partial charge in [0.25, 0.3) is 0 Å². The van der Waals surface area contributed by atoms with Gasteiger partial charge in [0, 0.05) is 6.54 Å². The summed E-state index contributed by atoms with van der Waals surface area (Å²) in [5.74, 6) is 0. The third kappa shape index (κ3) is 3.92. The van der Waals surface area contributed by atoms with Gasteiger partial charge in [-0.05, 0) is 6.92 Å². The summed E-state index contributed by atoms with van der Waals surface area (Å²) in [4.78, 5) is 0. The summed E-state index contributed by atoms with van der Waals surface area (Å²) in [6.07, 6.45) is 0. The quantitative estimate of drug-likeness (QED) is 0.490. The molecular formula is C4H9NO. The summed E-state index contributed by atoms with van der Waals surface area (Å²) in [7, 11) is 0. The SMILES string of the molecule is [CH2][CH]OCCN. The molecule has 0 saturated heterocycles. The van der Waals surface area contributed by atoms with E-state index in [0.29, 0.717) is 13.2 Å². The fourth-order valence-corrected chi connectivity index (χ4v) is 0.151. The standard InChI is InChI=1S/C4H9NO/c1-2-6-4-3-5/h2H,1,3-5H2. The molecule has 0 saturated carbocycles. The normalized spacial score (nSPS) is 9.00. The van der Waals surface area contributed by atoms with E-state index in [9.17, 15) is 0 Å². The monoisotopic (exact) mass is 87.1 g/mol. The number of nitrogens with two attached hydrogens (primary N) is 1. The average Bonchev–Trinajstić information content (AvgIpc) is 1.61. The zero-order chi connectivity index (χ0) is 4.83. The Morgan fingerprint density at radius 1 is 1.83 bits per heavy atom. The molecule has 0 amide bonds. The van der Waals surface area contributed by atoms with Gasteiger partial charge in [-0.2, -0.15) is 0 Å². The number of rotatable bonds is 3. The van der Waals surface area contributed by atoms with Crippen LogP contribution in [0.1, 0.15) is 0 Å². The molecule has 2 nitrogen and oxygen atoms in total. The van der Waals surface area contributed by atoms with E-state index >= 15 is 0 Å². The van der Waals surface area contributed by atoms with E-state index in [1.165, 1.54) is 6.61 Å². The molecular weight excluding hydrogens is 78.0 g/mol. The minimum absolute atomic E-state index is 0.562. The molecule has 2 radical (unpaired) electrons. The topological polar surface area (TPSA) is 35.2 Å². The molecule has 0 heterocycles. The second kappa shape index (κ2) is 4.92. The lowest BCUT2D eigenvalue weighted by Gasteiger charge is -1.90. The first-order valence-electron chi connectivity index (χ1n) is 1.84. The largest absolute Gasteiger partial charge is 0.374 e. The third-order valence-electron chi connectivity index (χ3n) is 0.354. The van der Waals surface area contributed by atoms with Gasteiger partial charge in [-0.1, -0.05) is 0 Å². The molecule has 0 aliphatic carbocycles. The van der Waals surface area contributed by atoms with Crippen LogP contribution in [-0.2, 0) is 4.74 Å². The highest BCUT2D eigenvalue weighted by Gasteiger charge is 1.73. The van der Waals surface area contributed by atoms with Crippen molar-refractivity contribution in [1.82, 2.24) is 0 Å². The predicted molar refractivity (Wildman–Crippen MR) is 24.7 cm³/mol. The predicted octanol–water partition coefficient (Wildman–Crippen LogP) is -0.0424. The third-order valence-corrected chi connectivity index (χ3v) is 0.354. The van der Waals surface area contributed by atoms with Gasteiger partial charge in [0.05, 0.1) is 13.2 Å². The Hall–Kier alpha value is -0.0800. The van der Waals surface area contributed by atoms with Crippen molar-refractivity contribution in [1.29, 1.82) is 0 Å². The van der Waals surface area contributed by atoms with Crippen molar-refractivity contribution < 1.29 is 4.74 Å². The molecule has 0 spiro atoms. The molecule has 0 aromatic carbocycles. The van der Waals surface area contributed by atoms with Gasteiger partial charge in [-0.3, -0.25) is 0 Å². The lowest BCUT2D eigenvalue weighted by atomic mass is 10.7. The van der Waals surface area contributed by atoms with Gasteiger partial charge < -0.3 is 10.5 Å². The van der Waals surface area contributed by atoms with Gasteiger partial charge in [-0.25, -0.2) is 0 Å². The fourth-order valence-electron chi connectivity index (χ4n) is 0.151. The molecule has 0 bridgehead atoms. The zero-order valence-corrected chi connectivity index (χ0v) is 3.68. The Bertz CT molecular complexity index is 19.5. The van der Waals surface area contributed by atoms with Crippen molar-refractivity contribution in [3.8, 4) is 0 Å². The van der Waals surface area contributed by atoms with Crippen molar-refractivity contribution in [3.05, 3.63) is 13.5 Å². The number of hydrogen-bond acceptors (Lipinski definition) is 2. The maximum atomic E-state index is 5.04. The Balaban J connectivity index is 2.34. The van der Waals surface area contributed by atoms with Gasteiger partial charge in [-0.15, -0.1) is 0 Å². The summed E-state index contributed by atoms with van der Waals surface area (Å²) in [6.45, 7) is 5.84. The average molecular weight is 87.1 g/mol. The first-order valence-corrected chi connectivity index (χ1v) is 1.84. The van der Waals surface area contributed by atoms with Gasteiger partial charge in [0.2, 0.25) is 0 Å². The molecule has 0 fully saturated rings. The van der Waals surface area contributed by atoms with Gasteiger partial charge in [0.15, 0.2) is 0 Å². The summed E-state index contributed by atoms with van der Waals surface area (Å²) < 4.78 is 4.62. The van der Waals surface area contributed by atoms with Crippen LogP contribution in [-0.4, -0.2) is 13.2 Å². The van der Waals surface area contributed by atoms with Crippen LogP contribution >= 0.6 is 0 Å². The van der Waals surface area contributed by atoms with Crippen molar-refractivity contribution in [2.45, 2.75) is 0 Å². The molecule has 0 aliphatic rings. The van der Waals surface area contributed by atoms with E-state index < -0.39 is 0 Å². The highest BCUT2D eigenvalue weighted by atomic mass is 16.5. The Morgan fingerprint density at radius 3 is 2.67 bits per heavy atom. The Kier molecular flexibility index (Phi) is 4.85. The molecule has 0 unspecified atom stereocenters. The Morgan fingerprint density at radius 2 is 2.50 bits per heavy atom. The van der Waals surface area contributed by atoms with Gasteiger partial charge >= 0.3 is 0 Å². The molecule has 0 aliphatic heterocycles. The van der Waals surface area contributed by atoms with Crippen molar-refractivity contribution >= 4 is 0 Å². The molecule has 6 heavy (non-hydrogen) atoms. The molecule has 2 N–H and O–H groups in total. The minimum atomic E-state index is 0.562. The smallest absolute Gasteiger partial charge is 0.0838 e. The van der Waals surface area contributed by atoms with Crippen molar-refractivity contribution in [3.63, 3.8) is 0 Å². The molecule has 0 atom stereocenters. The lowest BCUT2D eigenvalue weighted by Crippen LogP contribution is -2.05. The maximum absolute atomic E-state index is 5.04. The second-order valence-corrected chi connectivity index (χ2v) is 0.826. The summed E-state index contributed by atoms with van der Waals surface area (Å²) in [5, 5.41) is 0. The van der Waals surface area contributed by atoms with E-state index in [1.54, 1.807) is 0 Å². The van der Waals surface area contributed by atoms with Crippen molar-refractivity contribution in [2.75, 3.05) is 13.2 Å². The molecule has 36 valence electrons. The van der Waals surface area contributed by atoms with E-state index in [1.807, 2.05) is 0 Å². The van der Waals surface area contributed by atoms with Crippen LogP contribution in [0.15, 0.2) is 0 Å². The zero-order valence-electron chi connectivity index (χ0n) is 3.68. The molecule has 0 aromatic rings. The van der Waals surface area contributed by atoms with Crippen LogP contribution in [0.25, 0.3) is 0 Å². The van der Waals surface area contributed by atoms with E-state index in [4.69, 9.17) is 5.73 Å². The number of ether oxygens (including phenoxy) is 1. The van der Waals surface area contributed by atoms with Crippen LogP contribution in [0.5, 0.6) is 0 Å². The minimum Gasteiger partial charge on any atom is -0.374 e. The summed E-state index contributed by atoms with van der Waals surface area (Å²) >= 11 is 0. The van der Waals surface area contributed by atoms with Gasteiger partial charge in [0.1, 0.15) is 0 Å². The summed E-state index contributed by atoms with van der Waals surface area (Å²) in [5.41, 5.74) is 5.04. The maximum Gasteiger partial charge on any atom is 0.0838 e. The van der Waals surface area contributed by atoms with Crippen molar-refractivity contribution in [2.24, 2.45) is 5.73 Å². The highest BCUT2D eigenvalue weighted by Crippen LogP contribution is 1.71. The van der Waals surface area contributed by atoms with Crippen LogP contribution in [0.4, 0.5) is 0 Å². The second-order valence-electron chi connectivity index (χ2n) is 0.826. The fraction of sp³-hybridized carbons (Fsp3) is 0.500. The van der Waals surface area contributed by atoms with Crippen LogP contribution < -0.4 is 5.73 Å². The van der Waals surface area contributed by atoms with Crippen LogP contribution in [0, 0.1) is 13.5 Å². The first kappa shape index (κ1) is 5.92. The Labute approximate surface area is 38.3 Å². The number of hydrogen-bond donors (Lipinski definition) is 1. The first-order chi connectivity index (χ1) is 2.91. The molecule has 0 aromatic heterocycles. The van der Waals surface area contributed by atoms with E-state index in [2.05, 4.69) is 11.7 Å². The molecule has 0 rings (SSSR count). The molecule has 2 heteroatoms. The summed E-state index contributed by atoms with van der Waals surface area (Å²) in [6, 6.07) is 0. The lowest BCUT2D eigenvalue weighted by molar-refractivity contribution is 0.223. The van der Waals surface area contributed by atoms with E-state index in [0.717, 1.165) is 0 Å².